The molecule has 1 aromatic rings. The Labute approximate surface area is 119 Å². The first-order valence-corrected chi connectivity index (χ1v) is 6.79. The van der Waals surface area contributed by atoms with E-state index >= 15 is 0 Å². The van der Waals surface area contributed by atoms with Gasteiger partial charge in [0.25, 0.3) is 0 Å². The summed E-state index contributed by atoms with van der Waals surface area (Å²) in [6.07, 6.45) is -1.08. The van der Waals surface area contributed by atoms with Gasteiger partial charge in [-0.3, -0.25) is 0 Å². The van der Waals surface area contributed by atoms with Gasteiger partial charge in [0, 0.05) is 12.6 Å². The molecule has 1 N–H and O–H groups in total. The number of anilines is 1. The minimum Gasteiger partial charge on any atom is -0.394 e. The Hall–Kier alpha value is -1.08. The number of rotatable bonds is 2. The summed E-state index contributed by atoms with van der Waals surface area (Å²) in [7, 11) is 0. The van der Waals surface area contributed by atoms with Crippen LogP contribution in [-0.2, 0) is 6.18 Å². The summed E-state index contributed by atoms with van der Waals surface area (Å²) in [5.41, 5.74) is -1.06. The molecule has 1 aliphatic rings. The Morgan fingerprint density at radius 3 is 2.70 bits per heavy atom. The van der Waals surface area contributed by atoms with Crippen molar-refractivity contribution in [3.8, 4) is 0 Å². The van der Waals surface area contributed by atoms with Crippen LogP contribution < -0.4 is 4.90 Å². The topological polar surface area (TPSA) is 49.2 Å². The highest BCUT2D eigenvalue weighted by atomic mass is 35.5. The number of nitrogens with zero attached hydrogens (tertiary/aromatic N) is 3. The van der Waals surface area contributed by atoms with Crippen molar-refractivity contribution in [2.24, 2.45) is 0 Å². The van der Waals surface area contributed by atoms with Crippen LogP contribution in [0.25, 0.3) is 0 Å². The lowest BCUT2D eigenvalue weighted by Gasteiger charge is -2.30. The zero-order valence-corrected chi connectivity index (χ0v) is 11.5. The van der Waals surface area contributed by atoms with E-state index in [1.54, 1.807) is 4.90 Å². The van der Waals surface area contributed by atoms with Crippen LogP contribution in [0.5, 0.6) is 0 Å². The minimum atomic E-state index is -4.57. The summed E-state index contributed by atoms with van der Waals surface area (Å²) in [5, 5.41) is 8.97. The van der Waals surface area contributed by atoms with E-state index in [2.05, 4.69) is 9.97 Å². The zero-order chi connectivity index (χ0) is 14.8. The van der Waals surface area contributed by atoms with Crippen LogP contribution in [-0.4, -0.2) is 34.3 Å². The molecule has 2 heterocycles. The first-order valence-electron chi connectivity index (χ1n) is 6.41. The average molecular weight is 310 g/mol. The lowest BCUT2D eigenvalue weighted by Crippen LogP contribution is -2.38. The van der Waals surface area contributed by atoms with E-state index in [1.807, 2.05) is 0 Å². The summed E-state index contributed by atoms with van der Waals surface area (Å²) < 4.78 is 38.3. The van der Waals surface area contributed by atoms with E-state index < -0.39 is 17.2 Å². The molecule has 2 rings (SSSR count). The van der Waals surface area contributed by atoms with Crippen molar-refractivity contribution < 1.29 is 18.3 Å². The molecule has 0 aromatic carbocycles. The molecule has 20 heavy (non-hydrogen) atoms. The van der Waals surface area contributed by atoms with Crippen molar-refractivity contribution in [2.75, 3.05) is 18.1 Å². The largest absolute Gasteiger partial charge is 0.433 e. The van der Waals surface area contributed by atoms with Gasteiger partial charge in [-0.05, 0) is 24.4 Å². The molecule has 1 unspecified atom stereocenters. The summed E-state index contributed by atoms with van der Waals surface area (Å²) in [4.78, 5) is 8.78. The molecule has 1 aliphatic heterocycles. The highest BCUT2D eigenvalue weighted by Crippen LogP contribution is 2.32. The van der Waals surface area contributed by atoms with Crippen LogP contribution in [0.15, 0.2) is 6.07 Å². The smallest absolute Gasteiger partial charge is 0.394 e. The molecule has 0 amide bonds. The van der Waals surface area contributed by atoms with Gasteiger partial charge < -0.3 is 10.0 Å². The van der Waals surface area contributed by atoms with Crippen molar-refractivity contribution in [3.63, 3.8) is 0 Å². The second kappa shape index (κ2) is 6.13. The molecule has 0 saturated carbocycles. The molecule has 1 fully saturated rings. The average Bonchev–Trinajstić information content (AvgIpc) is 2.61. The summed E-state index contributed by atoms with van der Waals surface area (Å²) in [5.74, 6) is 0.123. The molecule has 1 atom stereocenters. The number of aromatic nitrogens is 2. The van der Waals surface area contributed by atoms with Crippen LogP contribution in [0, 0.1) is 0 Å². The molecule has 0 aliphatic carbocycles. The van der Waals surface area contributed by atoms with Gasteiger partial charge >= 0.3 is 6.18 Å². The number of hydrogen-bond donors (Lipinski definition) is 1. The second-order valence-corrected chi connectivity index (χ2v) is 5.10. The fraction of sp³-hybridized carbons (Fsp3) is 0.667. The number of alkyl halides is 3. The zero-order valence-electron chi connectivity index (χ0n) is 10.7. The fourth-order valence-electron chi connectivity index (χ4n) is 2.37. The van der Waals surface area contributed by atoms with Gasteiger partial charge in [0.1, 0.15) is 5.82 Å². The van der Waals surface area contributed by atoms with Gasteiger partial charge in [-0.2, -0.15) is 13.2 Å². The van der Waals surface area contributed by atoms with Crippen molar-refractivity contribution in [1.29, 1.82) is 0 Å². The van der Waals surface area contributed by atoms with Gasteiger partial charge in [-0.1, -0.05) is 12.8 Å². The third-order valence-electron chi connectivity index (χ3n) is 3.36. The first-order chi connectivity index (χ1) is 9.41. The molecule has 0 bridgehead atoms. The van der Waals surface area contributed by atoms with E-state index in [4.69, 9.17) is 11.6 Å². The maximum Gasteiger partial charge on any atom is 0.433 e. The van der Waals surface area contributed by atoms with Crippen molar-refractivity contribution >= 4 is 17.4 Å². The summed E-state index contributed by atoms with van der Waals surface area (Å²) in [6.45, 7) is 0.429. The second-order valence-electron chi connectivity index (χ2n) is 4.76. The van der Waals surface area contributed by atoms with Crippen LogP contribution in [0.3, 0.4) is 0 Å². The van der Waals surface area contributed by atoms with Crippen molar-refractivity contribution in [3.05, 3.63) is 17.0 Å². The van der Waals surface area contributed by atoms with E-state index in [0.29, 0.717) is 6.54 Å². The monoisotopic (exact) mass is 309 g/mol. The Balaban J connectivity index is 2.37. The molecule has 1 saturated heterocycles. The quantitative estimate of drug-likeness (QED) is 0.854. The minimum absolute atomic E-state index is 0.122. The van der Waals surface area contributed by atoms with Gasteiger partial charge in [0.15, 0.2) is 5.69 Å². The molecule has 0 radical (unpaired) electrons. The molecule has 4 nitrogen and oxygen atoms in total. The third kappa shape index (κ3) is 3.52. The van der Waals surface area contributed by atoms with Crippen LogP contribution >= 0.6 is 11.6 Å². The van der Waals surface area contributed by atoms with Gasteiger partial charge in [0.05, 0.1) is 12.6 Å². The maximum atomic E-state index is 12.8. The Kier molecular flexibility index (Phi) is 4.70. The van der Waals surface area contributed by atoms with Crippen molar-refractivity contribution in [1.82, 2.24) is 9.97 Å². The van der Waals surface area contributed by atoms with Crippen LogP contribution in [0.1, 0.15) is 31.4 Å². The van der Waals surface area contributed by atoms with E-state index in [0.717, 1.165) is 31.7 Å². The lowest BCUT2D eigenvalue weighted by atomic mass is 10.1. The van der Waals surface area contributed by atoms with E-state index in [9.17, 15) is 18.3 Å². The standard InChI is InChI=1S/C12H15ClF3N3O/c13-11-17-9(12(14,15)16)6-10(18-11)19-5-3-1-2-4-8(19)7-20/h6,8,20H,1-5,7H2. The maximum absolute atomic E-state index is 12.8. The normalized spacial score (nSPS) is 20.9. The fourth-order valence-corrected chi connectivity index (χ4v) is 2.54. The number of aliphatic hydroxyl groups excluding tert-OH is 1. The third-order valence-corrected chi connectivity index (χ3v) is 3.53. The van der Waals surface area contributed by atoms with Crippen LogP contribution in [0.4, 0.5) is 19.0 Å². The van der Waals surface area contributed by atoms with E-state index in [-0.39, 0.29) is 18.5 Å². The number of hydrogen-bond acceptors (Lipinski definition) is 4. The predicted octanol–water partition coefficient (Wildman–Crippen LogP) is 2.89. The summed E-state index contributed by atoms with van der Waals surface area (Å²) >= 11 is 5.60. The highest BCUT2D eigenvalue weighted by Gasteiger charge is 2.34. The van der Waals surface area contributed by atoms with Gasteiger partial charge in [0.2, 0.25) is 5.28 Å². The SMILES string of the molecule is OCC1CCCCCN1c1cc(C(F)(F)F)nc(Cl)n1. The summed E-state index contributed by atoms with van der Waals surface area (Å²) in [6, 6.07) is 0.657. The Bertz CT molecular complexity index is 470. The highest BCUT2D eigenvalue weighted by molar-refractivity contribution is 6.28. The molecular weight excluding hydrogens is 295 g/mol. The number of halogens is 4. The molecule has 1 aromatic heterocycles. The Morgan fingerprint density at radius 2 is 2.05 bits per heavy atom. The van der Waals surface area contributed by atoms with E-state index in [1.165, 1.54) is 0 Å². The van der Waals surface area contributed by atoms with Gasteiger partial charge in [-0.25, -0.2) is 9.97 Å². The first kappa shape index (κ1) is 15.3. The molecular formula is C12H15ClF3N3O. The van der Waals surface area contributed by atoms with Crippen LogP contribution in [0.2, 0.25) is 5.28 Å². The predicted molar refractivity (Wildman–Crippen MR) is 68.7 cm³/mol. The molecule has 8 heteroatoms. The molecule has 112 valence electrons. The van der Waals surface area contributed by atoms with Gasteiger partial charge in [-0.15, -0.1) is 0 Å². The number of aliphatic hydroxyl groups is 1. The lowest BCUT2D eigenvalue weighted by molar-refractivity contribution is -0.141. The van der Waals surface area contributed by atoms with Crippen molar-refractivity contribution in [2.45, 2.75) is 37.9 Å². The Morgan fingerprint density at radius 1 is 1.30 bits per heavy atom. The molecule has 0 spiro atoms.